The smallest absolute Gasteiger partial charge is 0.260 e. The number of nitrogens with zero attached hydrogens (tertiary/aromatic N) is 1. The summed E-state index contributed by atoms with van der Waals surface area (Å²) >= 11 is 3.33. The number of rotatable bonds is 4. The van der Waals surface area contributed by atoms with E-state index in [1.165, 1.54) is 0 Å². The van der Waals surface area contributed by atoms with Gasteiger partial charge in [0.25, 0.3) is 5.91 Å². The molecule has 1 heterocycles. The molecule has 0 spiro atoms. The second-order valence-electron chi connectivity index (χ2n) is 4.54. The van der Waals surface area contributed by atoms with Gasteiger partial charge in [0.05, 0.1) is 18.8 Å². The Balaban J connectivity index is 2.03. The van der Waals surface area contributed by atoms with Crippen molar-refractivity contribution in [3.8, 4) is 5.75 Å². The van der Waals surface area contributed by atoms with E-state index in [1.807, 2.05) is 13.0 Å². The maximum Gasteiger partial charge on any atom is 0.260 e. The van der Waals surface area contributed by atoms with Crippen LogP contribution < -0.4 is 4.74 Å². The highest BCUT2D eigenvalue weighted by atomic mass is 79.9. The van der Waals surface area contributed by atoms with Gasteiger partial charge in [0.15, 0.2) is 12.9 Å². The molecule has 1 fully saturated rings. The minimum absolute atomic E-state index is 0.0662. The molecule has 20 heavy (non-hydrogen) atoms. The van der Waals surface area contributed by atoms with Gasteiger partial charge in [0.1, 0.15) is 5.75 Å². The Bertz CT molecular complexity index is 512. The molecular formula is C14H16BrNO4. The summed E-state index contributed by atoms with van der Waals surface area (Å²) in [7, 11) is 0. The van der Waals surface area contributed by atoms with E-state index in [0.717, 1.165) is 16.3 Å². The van der Waals surface area contributed by atoms with Crippen LogP contribution >= 0.6 is 15.9 Å². The van der Waals surface area contributed by atoms with Crippen LogP contribution in [0, 0.1) is 6.92 Å². The van der Waals surface area contributed by atoms with Gasteiger partial charge in [-0.3, -0.25) is 9.59 Å². The lowest BCUT2D eigenvalue weighted by Crippen LogP contribution is -2.43. The number of hydrogen-bond donors (Lipinski definition) is 0. The lowest BCUT2D eigenvalue weighted by molar-refractivity contribution is -0.137. The average Bonchev–Trinajstić information content (AvgIpc) is 2.46. The first-order valence-corrected chi connectivity index (χ1v) is 7.14. The van der Waals surface area contributed by atoms with Gasteiger partial charge in [-0.2, -0.15) is 0 Å². The van der Waals surface area contributed by atoms with Gasteiger partial charge in [0.2, 0.25) is 0 Å². The Kier molecular flexibility index (Phi) is 5.14. The quantitative estimate of drug-likeness (QED) is 0.783. The third-order valence-electron chi connectivity index (χ3n) is 3.10. The number of aryl methyl sites for hydroxylation is 1. The highest BCUT2D eigenvalue weighted by molar-refractivity contribution is 9.10. The van der Waals surface area contributed by atoms with Crippen LogP contribution in [0.5, 0.6) is 5.75 Å². The molecule has 1 amide bonds. The van der Waals surface area contributed by atoms with Gasteiger partial charge in [-0.1, -0.05) is 15.9 Å². The van der Waals surface area contributed by atoms with Gasteiger partial charge < -0.3 is 14.4 Å². The topological polar surface area (TPSA) is 55.8 Å². The lowest BCUT2D eigenvalue weighted by Gasteiger charge is -2.27. The summed E-state index contributed by atoms with van der Waals surface area (Å²) in [6.07, 6.45) is 0.728. The van der Waals surface area contributed by atoms with Crippen LogP contribution in [0.25, 0.3) is 0 Å². The van der Waals surface area contributed by atoms with Crippen LogP contribution in [0.1, 0.15) is 15.9 Å². The first-order chi connectivity index (χ1) is 9.61. The number of halogens is 1. The van der Waals surface area contributed by atoms with Crippen LogP contribution in [0.2, 0.25) is 0 Å². The molecule has 1 aromatic carbocycles. The highest BCUT2D eigenvalue weighted by Crippen LogP contribution is 2.26. The van der Waals surface area contributed by atoms with E-state index in [2.05, 4.69) is 15.9 Å². The molecule has 0 unspecified atom stereocenters. The molecule has 0 aromatic heterocycles. The number of aldehydes is 1. The molecule has 1 saturated heterocycles. The maximum absolute atomic E-state index is 12.0. The van der Waals surface area contributed by atoms with Crippen molar-refractivity contribution < 1.29 is 19.1 Å². The lowest BCUT2D eigenvalue weighted by atomic mass is 10.1. The van der Waals surface area contributed by atoms with Gasteiger partial charge in [-0.25, -0.2) is 0 Å². The van der Waals surface area contributed by atoms with Gasteiger partial charge in [-0.15, -0.1) is 0 Å². The molecule has 0 N–H and O–H groups in total. The minimum atomic E-state index is -0.0903. The van der Waals surface area contributed by atoms with E-state index in [1.54, 1.807) is 11.0 Å². The largest absolute Gasteiger partial charge is 0.483 e. The number of carbonyl (C=O) groups excluding carboxylic acids is 2. The third kappa shape index (κ3) is 3.58. The number of amides is 1. The van der Waals surface area contributed by atoms with Gasteiger partial charge in [0, 0.05) is 17.6 Å². The number of hydrogen-bond acceptors (Lipinski definition) is 4. The summed E-state index contributed by atoms with van der Waals surface area (Å²) in [6, 6.07) is 3.52. The Morgan fingerprint density at radius 2 is 2.15 bits per heavy atom. The molecule has 2 rings (SSSR count). The summed E-state index contributed by atoms with van der Waals surface area (Å²) in [5, 5.41) is 0. The number of carbonyl (C=O) groups is 2. The molecule has 0 aliphatic carbocycles. The summed E-state index contributed by atoms with van der Waals surface area (Å²) in [5.74, 6) is 0.372. The second-order valence-corrected chi connectivity index (χ2v) is 5.46. The standard InChI is InChI=1S/C14H16BrNO4/c1-10-6-12(15)7-11(8-17)14(10)20-9-13(18)16-2-4-19-5-3-16/h6-8H,2-5,9H2,1H3. The zero-order valence-corrected chi connectivity index (χ0v) is 12.8. The molecule has 6 heteroatoms. The van der Waals surface area contributed by atoms with E-state index >= 15 is 0 Å². The zero-order valence-electron chi connectivity index (χ0n) is 11.2. The normalized spacial score (nSPS) is 15.0. The average molecular weight is 342 g/mol. The monoisotopic (exact) mass is 341 g/mol. The number of ether oxygens (including phenoxy) is 2. The van der Waals surface area contributed by atoms with Crippen LogP contribution in [-0.4, -0.2) is 50.0 Å². The molecule has 0 bridgehead atoms. The van der Waals surface area contributed by atoms with Crippen LogP contribution in [0.4, 0.5) is 0 Å². The first kappa shape index (κ1) is 15.0. The Morgan fingerprint density at radius 1 is 1.45 bits per heavy atom. The summed E-state index contributed by atoms with van der Waals surface area (Å²) in [6.45, 7) is 4.06. The summed E-state index contributed by atoms with van der Waals surface area (Å²) in [4.78, 5) is 24.8. The van der Waals surface area contributed by atoms with Crippen molar-refractivity contribution in [2.75, 3.05) is 32.9 Å². The molecule has 0 radical (unpaired) electrons. The molecule has 1 aliphatic heterocycles. The highest BCUT2D eigenvalue weighted by Gasteiger charge is 2.18. The molecule has 108 valence electrons. The number of morpholine rings is 1. The van der Waals surface area contributed by atoms with E-state index < -0.39 is 0 Å². The van der Waals surface area contributed by atoms with Crippen molar-refractivity contribution in [3.63, 3.8) is 0 Å². The Morgan fingerprint density at radius 3 is 2.80 bits per heavy atom. The molecule has 1 aliphatic rings. The molecule has 1 aromatic rings. The Labute approximate surface area is 126 Å². The minimum Gasteiger partial charge on any atom is -0.483 e. The molecule has 5 nitrogen and oxygen atoms in total. The fourth-order valence-corrected chi connectivity index (χ4v) is 2.67. The molecular weight excluding hydrogens is 326 g/mol. The summed E-state index contributed by atoms with van der Waals surface area (Å²) < 4.78 is 11.5. The van der Waals surface area contributed by atoms with E-state index in [9.17, 15) is 9.59 Å². The van der Waals surface area contributed by atoms with Crippen molar-refractivity contribution in [1.82, 2.24) is 4.90 Å². The van der Waals surface area contributed by atoms with Crippen molar-refractivity contribution in [2.24, 2.45) is 0 Å². The van der Waals surface area contributed by atoms with Crippen molar-refractivity contribution in [3.05, 3.63) is 27.7 Å². The molecule has 0 saturated carbocycles. The fourth-order valence-electron chi connectivity index (χ4n) is 2.08. The zero-order chi connectivity index (χ0) is 14.5. The van der Waals surface area contributed by atoms with E-state index in [0.29, 0.717) is 37.6 Å². The predicted octanol–water partition coefficient (Wildman–Crippen LogP) is 1.81. The van der Waals surface area contributed by atoms with Gasteiger partial charge in [-0.05, 0) is 24.6 Å². The van der Waals surface area contributed by atoms with Crippen LogP contribution in [0.15, 0.2) is 16.6 Å². The first-order valence-electron chi connectivity index (χ1n) is 6.35. The van der Waals surface area contributed by atoms with E-state index in [4.69, 9.17) is 9.47 Å². The molecule has 0 atom stereocenters. The van der Waals surface area contributed by atoms with Crippen LogP contribution in [0.3, 0.4) is 0 Å². The van der Waals surface area contributed by atoms with Crippen molar-refractivity contribution in [1.29, 1.82) is 0 Å². The fraction of sp³-hybridized carbons (Fsp3) is 0.429. The number of benzene rings is 1. The van der Waals surface area contributed by atoms with Crippen molar-refractivity contribution >= 4 is 28.1 Å². The van der Waals surface area contributed by atoms with Gasteiger partial charge >= 0.3 is 0 Å². The predicted molar refractivity (Wildman–Crippen MR) is 77.2 cm³/mol. The third-order valence-corrected chi connectivity index (χ3v) is 3.56. The Hall–Kier alpha value is -1.40. The SMILES string of the molecule is Cc1cc(Br)cc(C=O)c1OCC(=O)N1CCOCC1. The van der Waals surface area contributed by atoms with Crippen LogP contribution in [-0.2, 0) is 9.53 Å². The van der Waals surface area contributed by atoms with E-state index in [-0.39, 0.29) is 12.5 Å². The maximum atomic E-state index is 12.0. The second kappa shape index (κ2) is 6.85. The van der Waals surface area contributed by atoms with Crippen molar-refractivity contribution in [2.45, 2.75) is 6.92 Å². The summed E-state index contributed by atoms with van der Waals surface area (Å²) in [5.41, 5.74) is 1.25.